The van der Waals surface area contributed by atoms with Crippen LogP contribution in [0.25, 0.3) is 0 Å². The molecule has 2 aromatic heterocycles. The highest BCUT2D eigenvalue weighted by Gasteiger charge is 2.23. The van der Waals surface area contributed by atoms with Crippen LogP contribution in [0, 0.1) is 13.8 Å². The molecule has 6 nitrogen and oxygen atoms in total. The number of nitrogens with zero attached hydrogens (tertiary/aromatic N) is 5. The normalized spacial score (nSPS) is 14.2. The van der Waals surface area contributed by atoms with Gasteiger partial charge in [-0.25, -0.2) is 15.0 Å². The molecule has 1 aliphatic rings. The second kappa shape index (κ2) is 4.70. The smallest absolute Gasteiger partial charge is 0.258 e. The molecule has 0 saturated carbocycles. The van der Waals surface area contributed by atoms with Crippen LogP contribution < -0.4 is 10.5 Å². The number of hydrogen-bond donors (Lipinski definition) is 0. The molecule has 0 bridgehead atoms. The monoisotopic (exact) mass is 271 g/mol. The first-order valence-corrected chi connectivity index (χ1v) is 6.66. The summed E-state index contributed by atoms with van der Waals surface area (Å²) in [6, 6.07) is 1.87. The van der Waals surface area contributed by atoms with Gasteiger partial charge in [0.05, 0.1) is 17.8 Å². The van der Waals surface area contributed by atoms with Crippen molar-refractivity contribution in [1.82, 2.24) is 19.5 Å². The lowest BCUT2D eigenvalue weighted by Gasteiger charge is -2.28. The van der Waals surface area contributed by atoms with Crippen LogP contribution in [-0.2, 0) is 20.0 Å². The molecule has 20 heavy (non-hydrogen) atoms. The second-order valence-electron chi connectivity index (χ2n) is 5.12. The Kier molecular flexibility index (Phi) is 3.00. The van der Waals surface area contributed by atoms with Crippen molar-refractivity contribution in [1.29, 1.82) is 0 Å². The topological polar surface area (TPSA) is 63.9 Å². The molecule has 3 rings (SSSR count). The molecule has 0 radical (unpaired) electrons. The largest absolute Gasteiger partial charge is 0.336 e. The average Bonchev–Trinajstić information content (AvgIpc) is 2.45. The minimum Gasteiger partial charge on any atom is -0.336 e. The maximum absolute atomic E-state index is 12.3. The molecule has 0 aromatic carbocycles. The molecule has 3 heterocycles. The van der Waals surface area contributed by atoms with Gasteiger partial charge in [-0.05, 0) is 19.9 Å². The van der Waals surface area contributed by atoms with Crippen LogP contribution in [0.3, 0.4) is 0 Å². The lowest BCUT2D eigenvalue weighted by atomic mass is 10.1. The summed E-state index contributed by atoms with van der Waals surface area (Å²) in [5.41, 5.74) is 2.63. The summed E-state index contributed by atoms with van der Waals surface area (Å²) >= 11 is 0. The lowest BCUT2D eigenvalue weighted by Crippen LogP contribution is -2.39. The Balaban J connectivity index is 2.00. The molecule has 6 heteroatoms. The van der Waals surface area contributed by atoms with Gasteiger partial charge in [-0.1, -0.05) is 0 Å². The minimum atomic E-state index is 0.0323. The predicted molar refractivity (Wildman–Crippen MR) is 75.7 cm³/mol. The van der Waals surface area contributed by atoms with E-state index in [9.17, 15) is 4.79 Å². The van der Waals surface area contributed by atoms with E-state index in [1.165, 1.54) is 0 Å². The number of rotatable bonds is 1. The molecule has 0 saturated heterocycles. The summed E-state index contributed by atoms with van der Waals surface area (Å²) in [5, 5.41) is 0. The predicted octanol–water partition coefficient (Wildman–Crippen LogP) is 0.750. The first-order valence-electron chi connectivity index (χ1n) is 6.66. The molecular formula is C14H17N5O. The fourth-order valence-corrected chi connectivity index (χ4v) is 2.45. The summed E-state index contributed by atoms with van der Waals surface area (Å²) < 4.78 is 1.60. The summed E-state index contributed by atoms with van der Waals surface area (Å²) in [6.45, 7) is 5.11. The van der Waals surface area contributed by atoms with Crippen molar-refractivity contribution in [3.8, 4) is 0 Å². The third-order valence-corrected chi connectivity index (χ3v) is 3.73. The van der Waals surface area contributed by atoms with Gasteiger partial charge in [0, 0.05) is 31.9 Å². The molecule has 0 unspecified atom stereocenters. The van der Waals surface area contributed by atoms with E-state index in [4.69, 9.17) is 0 Å². The van der Waals surface area contributed by atoms with Crippen LogP contribution in [-0.4, -0.2) is 26.1 Å². The van der Waals surface area contributed by atoms with Gasteiger partial charge in [0.1, 0.15) is 5.82 Å². The van der Waals surface area contributed by atoms with E-state index >= 15 is 0 Å². The highest BCUT2D eigenvalue weighted by molar-refractivity contribution is 5.37. The summed E-state index contributed by atoms with van der Waals surface area (Å²) in [4.78, 5) is 27.6. The van der Waals surface area contributed by atoms with Crippen LogP contribution in [0.1, 0.15) is 22.8 Å². The number of fused-ring (bicyclic) bond motifs is 1. The van der Waals surface area contributed by atoms with E-state index in [1.54, 1.807) is 17.8 Å². The summed E-state index contributed by atoms with van der Waals surface area (Å²) in [6.07, 6.45) is 2.50. The Morgan fingerprint density at radius 2 is 2.05 bits per heavy atom. The molecule has 0 spiro atoms. The van der Waals surface area contributed by atoms with Crippen molar-refractivity contribution in [3.05, 3.63) is 45.4 Å². The first-order chi connectivity index (χ1) is 9.56. The number of aromatic nitrogens is 4. The van der Waals surface area contributed by atoms with E-state index < -0.39 is 0 Å². The van der Waals surface area contributed by atoms with Gasteiger partial charge < -0.3 is 4.90 Å². The van der Waals surface area contributed by atoms with Gasteiger partial charge in [-0.2, -0.15) is 0 Å². The molecule has 0 atom stereocenters. The van der Waals surface area contributed by atoms with Crippen LogP contribution in [0.4, 0.5) is 5.95 Å². The SMILES string of the molecule is Cc1ccnc(N2CCc3nc(C)n(C)c(=O)c3C2)n1. The molecule has 0 amide bonds. The number of hydrogen-bond acceptors (Lipinski definition) is 5. The first kappa shape index (κ1) is 12.8. The Morgan fingerprint density at radius 1 is 1.25 bits per heavy atom. The number of anilines is 1. The fourth-order valence-electron chi connectivity index (χ4n) is 2.45. The Bertz CT molecular complexity index is 722. The van der Waals surface area contributed by atoms with Crippen LogP contribution >= 0.6 is 0 Å². The van der Waals surface area contributed by atoms with Gasteiger partial charge in [-0.3, -0.25) is 9.36 Å². The zero-order chi connectivity index (χ0) is 14.3. The highest BCUT2D eigenvalue weighted by Crippen LogP contribution is 2.18. The summed E-state index contributed by atoms with van der Waals surface area (Å²) in [7, 11) is 1.76. The third-order valence-electron chi connectivity index (χ3n) is 3.73. The van der Waals surface area contributed by atoms with Gasteiger partial charge in [0.25, 0.3) is 5.56 Å². The zero-order valence-corrected chi connectivity index (χ0v) is 11.9. The van der Waals surface area contributed by atoms with Crippen LogP contribution in [0.5, 0.6) is 0 Å². The molecule has 104 valence electrons. The molecule has 0 aliphatic carbocycles. The van der Waals surface area contributed by atoms with Crippen molar-refractivity contribution in [2.24, 2.45) is 7.05 Å². The molecule has 0 N–H and O–H groups in total. The minimum absolute atomic E-state index is 0.0323. The average molecular weight is 271 g/mol. The third kappa shape index (κ3) is 2.07. The fraction of sp³-hybridized carbons (Fsp3) is 0.429. The molecule has 1 aliphatic heterocycles. The Labute approximate surface area is 117 Å². The maximum Gasteiger partial charge on any atom is 0.258 e. The van der Waals surface area contributed by atoms with Gasteiger partial charge >= 0.3 is 0 Å². The number of aryl methyl sites for hydroxylation is 2. The van der Waals surface area contributed by atoms with E-state index in [0.29, 0.717) is 12.5 Å². The van der Waals surface area contributed by atoms with E-state index in [-0.39, 0.29) is 5.56 Å². The van der Waals surface area contributed by atoms with E-state index in [0.717, 1.165) is 35.7 Å². The Hall–Kier alpha value is -2.24. The standard InChI is InChI=1S/C14H17N5O/c1-9-4-6-15-14(16-9)19-7-5-12-11(8-19)13(20)18(3)10(2)17-12/h4,6H,5,7-8H2,1-3H3. The van der Waals surface area contributed by atoms with E-state index in [2.05, 4.69) is 15.0 Å². The van der Waals surface area contributed by atoms with Crippen LogP contribution in [0.15, 0.2) is 17.1 Å². The van der Waals surface area contributed by atoms with Crippen molar-refractivity contribution in [2.75, 3.05) is 11.4 Å². The molecular weight excluding hydrogens is 254 g/mol. The van der Waals surface area contributed by atoms with E-state index in [1.807, 2.05) is 24.8 Å². The van der Waals surface area contributed by atoms with Gasteiger partial charge in [0.2, 0.25) is 5.95 Å². The van der Waals surface area contributed by atoms with Crippen molar-refractivity contribution in [2.45, 2.75) is 26.8 Å². The van der Waals surface area contributed by atoms with Gasteiger partial charge in [-0.15, -0.1) is 0 Å². The van der Waals surface area contributed by atoms with Crippen molar-refractivity contribution in [3.63, 3.8) is 0 Å². The second-order valence-corrected chi connectivity index (χ2v) is 5.12. The van der Waals surface area contributed by atoms with Crippen LogP contribution in [0.2, 0.25) is 0 Å². The van der Waals surface area contributed by atoms with Crippen molar-refractivity contribution >= 4 is 5.95 Å². The maximum atomic E-state index is 12.3. The highest BCUT2D eigenvalue weighted by atomic mass is 16.1. The van der Waals surface area contributed by atoms with Crippen molar-refractivity contribution < 1.29 is 0 Å². The summed E-state index contributed by atoms with van der Waals surface area (Å²) in [5.74, 6) is 1.44. The zero-order valence-electron chi connectivity index (χ0n) is 11.9. The molecule has 2 aromatic rings. The lowest BCUT2D eigenvalue weighted by molar-refractivity contribution is 0.643. The quantitative estimate of drug-likeness (QED) is 0.766. The van der Waals surface area contributed by atoms with Gasteiger partial charge in [0.15, 0.2) is 0 Å². The Morgan fingerprint density at radius 3 is 2.80 bits per heavy atom. The molecule has 0 fully saturated rings.